The number of thioether (sulfide) groups is 1. The maximum absolute atomic E-state index is 13.4. The molecule has 110 valence electrons. The van der Waals surface area contributed by atoms with Gasteiger partial charge in [0.15, 0.2) is 0 Å². The maximum Gasteiger partial charge on any atom is 0.224 e. The van der Waals surface area contributed by atoms with Gasteiger partial charge in [0, 0.05) is 17.5 Å². The molecular weight excluding hydrogens is 273 g/mol. The van der Waals surface area contributed by atoms with E-state index >= 15 is 0 Å². The highest BCUT2D eigenvalue weighted by Gasteiger charge is 2.13. The van der Waals surface area contributed by atoms with Gasteiger partial charge in [0.25, 0.3) is 0 Å². The van der Waals surface area contributed by atoms with Crippen LogP contribution in [0.4, 0.5) is 4.39 Å². The van der Waals surface area contributed by atoms with Crippen molar-refractivity contribution in [2.75, 3.05) is 12.3 Å². The third-order valence-electron chi connectivity index (χ3n) is 3.64. The lowest BCUT2D eigenvalue weighted by Gasteiger charge is -2.20. The fourth-order valence-corrected chi connectivity index (χ4v) is 3.74. The summed E-state index contributed by atoms with van der Waals surface area (Å²) in [6.45, 7) is 0.675. The van der Waals surface area contributed by atoms with Gasteiger partial charge in [-0.1, -0.05) is 37.5 Å². The average Bonchev–Trinajstić information content (AvgIpc) is 2.47. The van der Waals surface area contributed by atoms with E-state index in [2.05, 4.69) is 5.32 Å². The Bertz CT molecular complexity index is 432. The minimum atomic E-state index is -0.306. The number of carbonyl (C=O) groups excluding carboxylic acids is 1. The summed E-state index contributed by atoms with van der Waals surface area (Å²) in [6, 6.07) is 6.44. The van der Waals surface area contributed by atoms with Gasteiger partial charge in [0.2, 0.25) is 5.91 Å². The third-order valence-corrected chi connectivity index (χ3v) is 5.02. The molecule has 0 atom stereocenters. The van der Waals surface area contributed by atoms with Crippen molar-refractivity contribution in [2.45, 2.75) is 43.8 Å². The molecule has 0 saturated heterocycles. The van der Waals surface area contributed by atoms with Gasteiger partial charge in [-0.15, -0.1) is 0 Å². The van der Waals surface area contributed by atoms with E-state index in [0.717, 1.165) is 11.0 Å². The van der Waals surface area contributed by atoms with Crippen LogP contribution in [0.25, 0.3) is 0 Å². The molecule has 1 N–H and O–H groups in total. The third kappa shape index (κ3) is 5.16. The predicted molar refractivity (Wildman–Crippen MR) is 82.4 cm³/mol. The van der Waals surface area contributed by atoms with Crippen molar-refractivity contribution in [1.82, 2.24) is 5.32 Å². The summed E-state index contributed by atoms with van der Waals surface area (Å²) >= 11 is 1.96. The van der Waals surface area contributed by atoms with E-state index < -0.39 is 0 Å². The Morgan fingerprint density at radius 3 is 2.75 bits per heavy atom. The van der Waals surface area contributed by atoms with E-state index in [-0.39, 0.29) is 18.1 Å². The summed E-state index contributed by atoms with van der Waals surface area (Å²) in [6.07, 6.45) is 6.81. The molecule has 0 radical (unpaired) electrons. The van der Waals surface area contributed by atoms with Gasteiger partial charge in [-0.3, -0.25) is 4.79 Å². The van der Waals surface area contributed by atoms with Gasteiger partial charge in [-0.2, -0.15) is 11.8 Å². The fraction of sp³-hybridized carbons (Fsp3) is 0.562. The first-order valence-electron chi connectivity index (χ1n) is 7.37. The van der Waals surface area contributed by atoms with Crippen LogP contribution >= 0.6 is 11.8 Å². The molecule has 20 heavy (non-hydrogen) atoms. The van der Waals surface area contributed by atoms with E-state index in [1.807, 2.05) is 11.8 Å². The van der Waals surface area contributed by atoms with Crippen LogP contribution in [-0.4, -0.2) is 23.5 Å². The molecule has 0 heterocycles. The van der Waals surface area contributed by atoms with Crippen LogP contribution in [0.15, 0.2) is 24.3 Å². The smallest absolute Gasteiger partial charge is 0.224 e. The first-order valence-corrected chi connectivity index (χ1v) is 8.42. The SMILES string of the molecule is O=C(Cc1ccccc1F)NCCSC1CCCCC1. The quantitative estimate of drug-likeness (QED) is 0.813. The van der Waals surface area contributed by atoms with Crippen LogP contribution in [-0.2, 0) is 11.2 Å². The van der Waals surface area contributed by atoms with Gasteiger partial charge in [0.05, 0.1) is 6.42 Å². The number of halogens is 1. The minimum Gasteiger partial charge on any atom is -0.355 e. The van der Waals surface area contributed by atoms with Crippen molar-refractivity contribution in [1.29, 1.82) is 0 Å². The Hall–Kier alpha value is -1.03. The minimum absolute atomic E-state index is 0.0978. The highest BCUT2D eigenvalue weighted by atomic mass is 32.2. The molecule has 0 aliphatic heterocycles. The number of hydrogen-bond acceptors (Lipinski definition) is 2. The van der Waals surface area contributed by atoms with Gasteiger partial charge in [-0.05, 0) is 24.5 Å². The molecule has 1 saturated carbocycles. The summed E-state index contributed by atoms with van der Waals surface area (Å²) < 4.78 is 13.4. The molecule has 1 aromatic carbocycles. The molecule has 0 spiro atoms. The van der Waals surface area contributed by atoms with Crippen LogP contribution < -0.4 is 5.32 Å². The second-order valence-electron chi connectivity index (χ2n) is 5.25. The highest BCUT2D eigenvalue weighted by Crippen LogP contribution is 2.27. The first-order chi connectivity index (χ1) is 9.75. The van der Waals surface area contributed by atoms with Crippen LogP contribution in [0, 0.1) is 5.82 Å². The zero-order chi connectivity index (χ0) is 14.2. The number of hydrogen-bond donors (Lipinski definition) is 1. The molecular formula is C16H22FNOS. The predicted octanol–water partition coefficient (Wildman–Crippen LogP) is 3.55. The monoisotopic (exact) mass is 295 g/mol. The van der Waals surface area contributed by atoms with E-state index in [1.54, 1.807) is 18.2 Å². The van der Waals surface area contributed by atoms with Crippen molar-refractivity contribution in [3.63, 3.8) is 0 Å². The second-order valence-corrected chi connectivity index (χ2v) is 6.66. The van der Waals surface area contributed by atoms with Gasteiger partial charge >= 0.3 is 0 Å². The summed E-state index contributed by atoms with van der Waals surface area (Å²) in [5, 5.41) is 3.64. The molecule has 1 amide bonds. The van der Waals surface area contributed by atoms with E-state index in [4.69, 9.17) is 0 Å². The zero-order valence-corrected chi connectivity index (χ0v) is 12.6. The molecule has 1 aliphatic rings. The van der Waals surface area contributed by atoms with Crippen molar-refractivity contribution >= 4 is 17.7 Å². The van der Waals surface area contributed by atoms with Crippen LogP contribution in [0.5, 0.6) is 0 Å². The Balaban J connectivity index is 1.61. The Kier molecular flexibility index (Phi) is 6.37. The molecule has 0 unspecified atom stereocenters. The topological polar surface area (TPSA) is 29.1 Å². The van der Waals surface area contributed by atoms with Crippen molar-refractivity contribution in [3.05, 3.63) is 35.6 Å². The molecule has 0 aromatic heterocycles. The largest absolute Gasteiger partial charge is 0.355 e. The lowest BCUT2D eigenvalue weighted by molar-refractivity contribution is -0.120. The summed E-state index contributed by atoms with van der Waals surface area (Å²) in [4.78, 5) is 11.7. The van der Waals surface area contributed by atoms with Crippen LogP contribution in [0.2, 0.25) is 0 Å². The van der Waals surface area contributed by atoms with Crippen LogP contribution in [0.1, 0.15) is 37.7 Å². The summed E-state index contributed by atoms with van der Waals surface area (Å²) in [5.74, 6) is 0.548. The zero-order valence-electron chi connectivity index (χ0n) is 11.7. The van der Waals surface area contributed by atoms with Crippen molar-refractivity contribution in [2.24, 2.45) is 0 Å². The number of carbonyl (C=O) groups is 1. The van der Waals surface area contributed by atoms with E-state index in [1.165, 1.54) is 38.2 Å². The molecule has 1 aliphatic carbocycles. The number of benzene rings is 1. The molecule has 0 bridgehead atoms. The molecule has 2 nitrogen and oxygen atoms in total. The van der Waals surface area contributed by atoms with Gasteiger partial charge < -0.3 is 5.32 Å². The molecule has 4 heteroatoms. The maximum atomic E-state index is 13.4. The van der Waals surface area contributed by atoms with Gasteiger partial charge in [-0.25, -0.2) is 4.39 Å². The summed E-state index contributed by atoms with van der Waals surface area (Å²) in [5.41, 5.74) is 0.463. The standard InChI is InChI=1S/C16H22FNOS/c17-15-9-5-4-6-13(15)12-16(19)18-10-11-20-14-7-2-1-3-8-14/h4-6,9,14H,1-3,7-8,10-12H2,(H,18,19). The van der Waals surface area contributed by atoms with E-state index in [9.17, 15) is 9.18 Å². The van der Waals surface area contributed by atoms with Gasteiger partial charge in [0.1, 0.15) is 5.82 Å². The van der Waals surface area contributed by atoms with E-state index in [0.29, 0.717) is 12.1 Å². The second kappa shape index (κ2) is 8.30. The normalized spacial score (nSPS) is 16.1. The number of nitrogens with one attached hydrogen (secondary N) is 1. The van der Waals surface area contributed by atoms with Crippen molar-refractivity contribution < 1.29 is 9.18 Å². The van der Waals surface area contributed by atoms with Crippen LogP contribution in [0.3, 0.4) is 0 Å². The van der Waals surface area contributed by atoms with Crippen molar-refractivity contribution in [3.8, 4) is 0 Å². The Morgan fingerprint density at radius 1 is 1.25 bits per heavy atom. The highest BCUT2D eigenvalue weighted by molar-refractivity contribution is 7.99. The average molecular weight is 295 g/mol. The Morgan fingerprint density at radius 2 is 2.00 bits per heavy atom. The lowest BCUT2D eigenvalue weighted by Crippen LogP contribution is -2.28. The molecule has 1 fully saturated rings. The molecule has 2 rings (SSSR count). The first kappa shape index (κ1) is 15.4. The summed E-state index contributed by atoms with van der Waals surface area (Å²) in [7, 11) is 0. The fourth-order valence-electron chi connectivity index (χ4n) is 2.53. The lowest BCUT2D eigenvalue weighted by atomic mass is 10.0. The number of amides is 1. The molecule has 1 aromatic rings. The Labute approximate surface area is 124 Å². The number of rotatable bonds is 6.